The lowest BCUT2D eigenvalue weighted by molar-refractivity contribution is 0.0289. The summed E-state index contributed by atoms with van der Waals surface area (Å²) in [6.07, 6.45) is 1.60. The quantitative estimate of drug-likeness (QED) is 0.753. The molecule has 100 valence electrons. The average molecular weight is 263 g/mol. The largest absolute Gasteiger partial charge is 0.444 e. The fraction of sp³-hybridized carbons (Fsp3) is 0.909. The van der Waals surface area contributed by atoms with Crippen molar-refractivity contribution in [2.75, 3.05) is 25.1 Å². The van der Waals surface area contributed by atoms with Gasteiger partial charge in [-0.05, 0) is 33.1 Å². The molecule has 1 atom stereocenters. The van der Waals surface area contributed by atoms with Crippen molar-refractivity contribution in [2.24, 2.45) is 5.92 Å². The number of carbonyl (C=O) groups is 1. The number of hydrogen-bond donors (Lipinski definition) is 0. The highest BCUT2D eigenvalue weighted by atomic mass is 32.2. The monoisotopic (exact) mass is 263 g/mol. The van der Waals surface area contributed by atoms with Crippen molar-refractivity contribution in [3.8, 4) is 0 Å². The van der Waals surface area contributed by atoms with E-state index >= 15 is 0 Å². The van der Waals surface area contributed by atoms with Crippen LogP contribution in [-0.4, -0.2) is 50.1 Å². The van der Waals surface area contributed by atoms with Gasteiger partial charge in [0.1, 0.15) is 15.4 Å². The van der Waals surface area contributed by atoms with Crippen LogP contribution < -0.4 is 0 Å². The number of carbonyl (C=O) groups excluding carboxylic acids is 1. The molecule has 0 N–H and O–H groups in total. The first kappa shape index (κ1) is 14.3. The maximum atomic E-state index is 11.7. The normalized spacial score (nSPS) is 21.6. The topological polar surface area (TPSA) is 63.7 Å². The van der Waals surface area contributed by atoms with Crippen molar-refractivity contribution in [3.63, 3.8) is 0 Å². The van der Waals surface area contributed by atoms with Crippen molar-refractivity contribution in [1.29, 1.82) is 0 Å². The molecule has 1 saturated heterocycles. The third-order valence-electron chi connectivity index (χ3n) is 2.48. The fourth-order valence-electron chi connectivity index (χ4n) is 1.89. The van der Waals surface area contributed by atoms with Crippen LogP contribution in [0.15, 0.2) is 0 Å². The summed E-state index contributed by atoms with van der Waals surface area (Å²) >= 11 is 0. The highest BCUT2D eigenvalue weighted by Gasteiger charge is 2.31. The third kappa shape index (κ3) is 5.39. The van der Waals surface area contributed by atoms with E-state index in [2.05, 4.69) is 0 Å². The smallest absolute Gasteiger partial charge is 0.410 e. The zero-order valence-corrected chi connectivity index (χ0v) is 11.7. The second-order valence-corrected chi connectivity index (χ2v) is 7.86. The predicted molar refractivity (Wildman–Crippen MR) is 65.6 cm³/mol. The molecular weight excluding hydrogens is 242 g/mol. The zero-order chi connectivity index (χ0) is 13.3. The zero-order valence-electron chi connectivity index (χ0n) is 10.9. The van der Waals surface area contributed by atoms with Gasteiger partial charge < -0.3 is 9.64 Å². The second kappa shape index (κ2) is 4.84. The van der Waals surface area contributed by atoms with Gasteiger partial charge in [-0.15, -0.1) is 0 Å². The summed E-state index contributed by atoms with van der Waals surface area (Å²) in [5, 5.41) is 0. The number of likely N-dealkylation sites (tertiary alicyclic amines) is 1. The molecule has 6 heteroatoms. The number of sulfone groups is 1. The second-order valence-electron chi connectivity index (χ2n) is 5.67. The first-order valence-corrected chi connectivity index (χ1v) is 7.78. The molecule has 1 fully saturated rings. The maximum absolute atomic E-state index is 11.7. The molecule has 0 bridgehead atoms. The van der Waals surface area contributed by atoms with Gasteiger partial charge in [0, 0.05) is 19.3 Å². The van der Waals surface area contributed by atoms with Crippen LogP contribution in [-0.2, 0) is 14.6 Å². The van der Waals surface area contributed by atoms with E-state index in [-0.39, 0.29) is 17.8 Å². The van der Waals surface area contributed by atoms with Gasteiger partial charge in [0.2, 0.25) is 0 Å². The Hall–Kier alpha value is -0.780. The summed E-state index contributed by atoms with van der Waals surface area (Å²) in [5.74, 6) is 0.185. The molecule has 1 aliphatic rings. The van der Waals surface area contributed by atoms with Gasteiger partial charge in [-0.3, -0.25) is 0 Å². The van der Waals surface area contributed by atoms with Crippen molar-refractivity contribution in [2.45, 2.75) is 32.8 Å². The highest BCUT2D eigenvalue weighted by Crippen LogP contribution is 2.20. The number of hydrogen-bond acceptors (Lipinski definition) is 4. The summed E-state index contributed by atoms with van der Waals surface area (Å²) in [4.78, 5) is 13.3. The Balaban J connectivity index is 2.48. The first-order valence-electron chi connectivity index (χ1n) is 5.72. The van der Waals surface area contributed by atoms with E-state index in [4.69, 9.17) is 4.74 Å². The summed E-state index contributed by atoms with van der Waals surface area (Å²) in [6, 6.07) is 0. The van der Waals surface area contributed by atoms with Crippen molar-refractivity contribution in [3.05, 3.63) is 0 Å². The van der Waals surface area contributed by atoms with E-state index in [0.29, 0.717) is 13.1 Å². The third-order valence-corrected chi connectivity index (χ3v) is 3.55. The predicted octanol–water partition coefficient (Wildman–Crippen LogP) is 1.29. The molecular formula is C11H21NO4S. The van der Waals surface area contributed by atoms with E-state index < -0.39 is 15.4 Å². The van der Waals surface area contributed by atoms with Crippen LogP contribution in [0.1, 0.15) is 27.2 Å². The Kier molecular flexibility index (Phi) is 4.06. The van der Waals surface area contributed by atoms with Crippen LogP contribution in [0.5, 0.6) is 0 Å². The highest BCUT2D eigenvalue weighted by molar-refractivity contribution is 7.90. The molecule has 0 unspecified atom stereocenters. The molecule has 5 nitrogen and oxygen atoms in total. The van der Waals surface area contributed by atoms with E-state index in [1.54, 1.807) is 4.90 Å². The van der Waals surface area contributed by atoms with E-state index in [1.165, 1.54) is 6.26 Å². The summed E-state index contributed by atoms with van der Waals surface area (Å²) < 4.78 is 27.6. The Bertz CT molecular complexity index is 383. The van der Waals surface area contributed by atoms with E-state index in [1.807, 2.05) is 20.8 Å². The van der Waals surface area contributed by atoms with Crippen LogP contribution in [0, 0.1) is 5.92 Å². The van der Waals surface area contributed by atoms with E-state index in [0.717, 1.165) is 6.42 Å². The summed E-state index contributed by atoms with van der Waals surface area (Å²) in [5.41, 5.74) is -0.508. The maximum Gasteiger partial charge on any atom is 0.410 e. The lowest BCUT2D eigenvalue weighted by Crippen LogP contribution is -2.35. The first-order chi connectivity index (χ1) is 7.57. The van der Waals surface area contributed by atoms with Crippen molar-refractivity contribution >= 4 is 15.9 Å². The molecule has 0 aromatic heterocycles. The molecule has 1 heterocycles. The standard InChI is InChI=1S/C11H21NO4S/c1-11(2,3)16-10(13)12-6-5-9(7-12)8-17(4,14)15/h9H,5-8H2,1-4H3/t9-/m1/s1. The van der Waals surface area contributed by atoms with Gasteiger partial charge in [0.25, 0.3) is 0 Å². The Morgan fingerprint density at radius 3 is 2.47 bits per heavy atom. The van der Waals surface area contributed by atoms with Crippen LogP contribution in [0.2, 0.25) is 0 Å². The number of nitrogens with zero attached hydrogens (tertiary/aromatic N) is 1. The molecule has 0 spiro atoms. The van der Waals surface area contributed by atoms with Gasteiger partial charge in [0.15, 0.2) is 0 Å². The van der Waals surface area contributed by atoms with Crippen molar-refractivity contribution < 1.29 is 17.9 Å². The lowest BCUT2D eigenvalue weighted by Gasteiger charge is -2.24. The SMILES string of the molecule is CC(C)(C)OC(=O)N1CC[C@@H](CS(C)(=O)=O)C1. The van der Waals surface area contributed by atoms with Crippen LogP contribution in [0.25, 0.3) is 0 Å². The lowest BCUT2D eigenvalue weighted by atomic mass is 10.2. The van der Waals surface area contributed by atoms with Gasteiger partial charge >= 0.3 is 6.09 Å². The molecule has 1 amide bonds. The van der Waals surface area contributed by atoms with Crippen LogP contribution >= 0.6 is 0 Å². The molecule has 0 aromatic rings. The summed E-state index contributed by atoms with van der Waals surface area (Å²) in [7, 11) is -2.97. The Morgan fingerprint density at radius 2 is 2.00 bits per heavy atom. The number of amides is 1. The number of rotatable bonds is 2. The van der Waals surface area contributed by atoms with Gasteiger partial charge in [-0.2, -0.15) is 0 Å². The summed E-state index contributed by atoms with van der Waals surface area (Å²) in [6.45, 7) is 6.50. The van der Waals surface area contributed by atoms with E-state index in [9.17, 15) is 13.2 Å². The molecule has 1 rings (SSSR count). The minimum absolute atomic E-state index is 0.0394. The van der Waals surface area contributed by atoms with Gasteiger partial charge in [-0.25, -0.2) is 13.2 Å². The molecule has 0 aliphatic carbocycles. The molecule has 0 aromatic carbocycles. The average Bonchev–Trinajstić information content (AvgIpc) is 2.45. The molecule has 17 heavy (non-hydrogen) atoms. The Morgan fingerprint density at radius 1 is 1.41 bits per heavy atom. The number of ether oxygens (including phenoxy) is 1. The fourth-order valence-corrected chi connectivity index (χ4v) is 3.02. The van der Waals surface area contributed by atoms with Crippen LogP contribution in [0.3, 0.4) is 0 Å². The minimum atomic E-state index is -2.97. The Labute approximate surface area is 103 Å². The van der Waals surface area contributed by atoms with Gasteiger partial charge in [0.05, 0.1) is 5.75 Å². The minimum Gasteiger partial charge on any atom is -0.444 e. The van der Waals surface area contributed by atoms with Gasteiger partial charge in [-0.1, -0.05) is 0 Å². The van der Waals surface area contributed by atoms with Crippen LogP contribution in [0.4, 0.5) is 4.79 Å². The molecule has 0 saturated carbocycles. The molecule has 0 radical (unpaired) electrons. The molecule has 1 aliphatic heterocycles. The van der Waals surface area contributed by atoms with Crippen molar-refractivity contribution in [1.82, 2.24) is 4.90 Å².